The average Bonchev–Trinajstić information content (AvgIpc) is 3.06. The first-order valence-corrected chi connectivity index (χ1v) is 6.64. The molecule has 0 aromatic carbocycles. The summed E-state index contributed by atoms with van der Waals surface area (Å²) in [5.41, 5.74) is 0.760. The van der Waals surface area contributed by atoms with Crippen LogP contribution in [0.3, 0.4) is 0 Å². The van der Waals surface area contributed by atoms with E-state index in [-0.39, 0.29) is 17.7 Å². The molecule has 0 unspecified atom stereocenters. The van der Waals surface area contributed by atoms with Crippen molar-refractivity contribution in [1.29, 1.82) is 0 Å². The van der Waals surface area contributed by atoms with Crippen LogP contribution < -0.4 is 0 Å². The predicted molar refractivity (Wildman–Crippen MR) is 72.2 cm³/mol. The van der Waals surface area contributed by atoms with Crippen molar-refractivity contribution in [1.82, 2.24) is 9.80 Å². The lowest BCUT2D eigenvalue weighted by molar-refractivity contribution is -0.133. The number of carbonyl (C=O) groups is 2. The molecule has 0 bridgehead atoms. The molecule has 2 heterocycles. The molecule has 1 aromatic rings. The van der Waals surface area contributed by atoms with Crippen molar-refractivity contribution >= 4 is 11.9 Å². The molecule has 0 N–H and O–H groups in total. The Morgan fingerprint density at radius 1 is 1.50 bits per heavy atom. The van der Waals surface area contributed by atoms with Crippen LogP contribution in [0.15, 0.2) is 16.7 Å². The van der Waals surface area contributed by atoms with Crippen LogP contribution in [0, 0.1) is 0 Å². The second-order valence-corrected chi connectivity index (χ2v) is 5.13. The summed E-state index contributed by atoms with van der Waals surface area (Å²) in [6, 6.07) is 1.63. The lowest BCUT2D eigenvalue weighted by Gasteiger charge is -2.25. The molecule has 20 heavy (non-hydrogen) atoms. The molecule has 6 nitrogen and oxygen atoms in total. The lowest BCUT2D eigenvalue weighted by Crippen LogP contribution is -2.42. The fourth-order valence-corrected chi connectivity index (χ4v) is 2.54. The maximum Gasteiger partial charge on any atom is 0.374 e. The quantitative estimate of drug-likeness (QED) is 0.773. The van der Waals surface area contributed by atoms with E-state index in [4.69, 9.17) is 4.42 Å². The minimum absolute atomic E-state index is 0.102. The monoisotopic (exact) mass is 280 g/mol. The van der Waals surface area contributed by atoms with Gasteiger partial charge in [-0.05, 0) is 25.5 Å². The third-order valence-corrected chi connectivity index (χ3v) is 3.58. The number of carbonyl (C=O) groups excluding carboxylic acids is 2. The van der Waals surface area contributed by atoms with Gasteiger partial charge in [-0.1, -0.05) is 0 Å². The van der Waals surface area contributed by atoms with Crippen LogP contribution in [0.5, 0.6) is 0 Å². The molecule has 0 aliphatic carbocycles. The highest BCUT2D eigenvalue weighted by Gasteiger charge is 2.32. The molecular weight excluding hydrogens is 260 g/mol. The molecule has 6 heteroatoms. The topological polar surface area (TPSA) is 63.0 Å². The van der Waals surface area contributed by atoms with E-state index in [0.29, 0.717) is 6.54 Å². The Labute approximate surface area is 118 Å². The van der Waals surface area contributed by atoms with Crippen molar-refractivity contribution in [2.75, 3.05) is 27.7 Å². The van der Waals surface area contributed by atoms with Gasteiger partial charge in [0.05, 0.1) is 19.4 Å². The average molecular weight is 280 g/mol. The van der Waals surface area contributed by atoms with Crippen molar-refractivity contribution in [3.05, 3.63) is 23.7 Å². The fraction of sp³-hybridized carbons (Fsp3) is 0.571. The third kappa shape index (κ3) is 2.85. The van der Waals surface area contributed by atoms with Gasteiger partial charge in [0, 0.05) is 26.2 Å². The maximum atomic E-state index is 12.1. The molecule has 1 atom stereocenters. The van der Waals surface area contributed by atoms with Gasteiger partial charge in [0.2, 0.25) is 11.7 Å². The van der Waals surface area contributed by atoms with Crippen LogP contribution in [0.2, 0.25) is 0 Å². The first-order valence-electron chi connectivity index (χ1n) is 6.64. The van der Waals surface area contributed by atoms with Gasteiger partial charge in [-0.2, -0.15) is 0 Å². The van der Waals surface area contributed by atoms with Gasteiger partial charge in [-0.25, -0.2) is 4.79 Å². The van der Waals surface area contributed by atoms with Crippen molar-refractivity contribution in [2.45, 2.75) is 25.4 Å². The molecule has 1 aliphatic rings. The summed E-state index contributed by atoms with van der Waals surface area (Å²) >= 11 is 0. The summed E-state index contributed by atoms with van der Waals surface area (Å²) < 4.78 is 9.86. The summed E-state index contributed by atoms with van der Waals surface area (Å²) in [6.07, 6.45) is 3.30. The van der Waals surface area contributed by atoms with Crippen molar-refractivity contribution in [3.63, 3.8) is 0 Å². The molecule has 1 saturated heterocycles. The number of hydrogen-bond donors (Lipinski definition) is 0. The van der Waals surface area contributed by atoms with Gasteiger partial charge in [0.25, 0.3) is 0 Å². The van der Waals surface area contributed by atoms with Crippen molar-refractivity contribution in [2.24, 2.45) is 0 Å². The van der Waals surface area contributed by atoms with E-state index < -0.39 is 5.97 Å². The Bertz CT molecular complexity index is 495. The number of likely N-dealkylation sites (N-methyl/N-ethyl adjacent to an activating group) is 1. The lowest BCUT2D eigenvalue weighted by atomic mass is 10.1. The van der Waals surface area contributed by atoms with Gasteiger partial charge in [-0.3, -0.25) is 9.69 Å². The molecule has 0 spiro atoms. The molecule has 2 rings (SSSR count). The minimum atomic E-state index is -0.486. The number of rotatable bonds is 4. The number of amides is 1. The molecule has 1 aliphatic heterocycles. The Morgan fingerprint density at radius 2 is 2.25 bits per heavy atom. The summed E-state index contributed by atoms with van der Waals surface area (Å²) in [6.45, 7) is 1.36. The molecule has 1 amide bonds. The number of esters is 1. The van der Waals surface area contributed by atoms with E-state index in [2.05, 4.69) is 9.64 Å². The Kier molecular flexibility index (Phi) is 4.44. The van der Waals surface area contributed by atoms with Gasteiger partial charge in [0.1, 0.15) is 0 Å². The summed E-state index contributed by atoms with van der Waals surface area (Å²) in [5, 5.41) is 0. The zero-order valence-corrected chi connectivity index (χ0v) is 12.1. The van der Waals surface area contributed by atoms with Gasteiger partial charge < -0.3 is 14.1 Å². The van der Waals surface area contributed by atoms with Gasteiger partial charge in [0.15, 0.2) is 0 Å². The van der Waals surface area contributed by atoms with Crippen LogP contribution in [-0.2, 0) is 16.1 Å². The number of furan rings is 1. The van der Waals surface area contributed by atoms with Crippen LogP contribution in [-0.4, -0.2) is 55.5 Å². The zero-order chi connectivity index (χ0) is 14.7. The summed E-state index contributed by atoms with van der Waals surface area (Å²) in [7, 11) is 4.84. The zero-order valence-electron chi connectivity index (χ0n) is 12.1. The van der Waals surface area contributed by atoms with Crippen molar-refractivity contribution < 1.29 is 18.7 Å². The SMILES string of the molecule is COC(=O)c1occc1CN1CCC[C@H]1C(=O)N(C)C. The minimum Gasteiger partial charge on any atom is -0.463 e. The summed E-state index contributed by atoms with van der Waals surface area (Å²) in [5.74, 6) is -0.166. The highest BCUT2D eigenvalue weighted by atomic mass is 16.5. The van der Waals surface area contributed by atoms with E-state index in [1.807, 2.05) is 0 Å². The van der Waals surface area contributed by atoms with E-state index in [0.717, 1.165) is 24.9 Å². The molecule has 1 fully saturated rings. The second kappa shape index (κ2) is 6.09. The Hall–Kier alpha value is -1.82. The van der Waals surface area contributed by atoms with E-state index in [9.17, 15) is 9.59 Å². The molecule has 1 aromatic heterocycles. The standard InChI is InChI=1S/C14H20N2O4/c1-15(2)13(17)11-5-4-7-16(11)9-10-6-8-20-12(10)14(18)19-3/h6,8,11H,4-5,7,9H2,1-3H3/t11-/m0/s1. The van der Waals surface area contributed by atoms with E-state index in [1.54, 1.807) is 25.1 Å². The molecule has 0 radical (unpaired) electrons. The van der Waals surface area contributed by atoms with E-state index >= 15 is 0 Å². The first kappa shape index (κ1) is 14.6. The molecule has 0 saturated carbocycles. The van der Waals surface area contributed by atoms with Crippen LogP contribution in [0.4, 0.5) is 0 Å². The smallest absolute Gasteiger partial charge is 0.374 e. The van der Waals surface area contributed by atoms with Gasteiger partial charge in [-0.15, -0.1) is 0 Å². The first-order chi connectivity index (χ1) is 9.54. The number of nitrogens with zero attached hydrogens (tertiary/aromatic N) is 2. The largest absolute Gasteiger partial charge is 0.463 e. The number of likely N-dealkylation sites (tertiary alicyclic amines) is 1. The summed E-state index contributed by atoms with van der Waals surface area (Å²) in [4.78, 5) is 27.4. The van der Waals surface area contributed by atoms with E-state index in [1.165, 1.54) is 13.4 Å². The number of methoxy groups -OCH3 is 1. The molecule has 110 valence electrons. The van der Waals surface area contributed by atoms with Gasteiger partial charge >= 0.3 is 5.97 Å². The van der Waals surface area contributed by atoms with Crippen LogP contribution in [0.25, 0.3) is 0 Å². The maximum absolute atomic E-state index is 12.1. The van der Waals surface area contributed by atoms with Crippen LogP contribution in [0.1, 0.15) is 29.0 Å². The third-order valence-electron chi connectivity index (χ3n) is 3.58. The Morgan fingerprint density at radius 3 is 2.90 bits per heavy atom. The highest BCUT2D eigenvalue weighted by molar-refractivity contribution is 5.88. The number of hydrogen-bond acceptors (Lipinski definition) is 5. The second-order valence-electron chi connectivity index (χ2n) is 5.13. The predicted octanol–water partition coefficient (Wildman–Crippen LogP) is 1.12. The number of ether oxygens (including phenoxy) is 1. The highest BCUT2D eigenvalue weighted by Crippen LogP contribution is 2.23. The van der Waals surface area contributed by atoms with Crippen LogP contribution >= 0.6 is 0 Å². The fourth-order valence-electron chi connectivity index (χ4n) is 2.54. The Balaban J connectivity index is 2.11. The molecular formula is C14H20N2O4. The van der Waals surface area contributed by atoms with Crippen molar-refractivity contribution in [3.8, 4) is 0 Å². The normalized spacial score (nSPS) is 19.1.